The topological polar surface area (TPSA) is 89.6 Å². The smallest absolute Gasteiger partial charge is 0.285 e. The van der Waals surface area contributed by atoms with Gasteiger partial charge in [0, 0.05) is 5.70 Å². The highest BCUT2D eigenvalue weighted by atomic mass is 16.1. The van der Waals surface area contributed by atoms with E-state index < -0.39 is 0 Å². The van der Waals surface area contributed by atoms with Crippen LogP contribution in [0.5, 0.6) is 0 Å². The normalized spacial score (nSPS) is 16.1. The summed E-state index contributed by atoms with van der Waals surface area (Å²) >= 11 is 0. The minimum atomic E-state index is -0.168. The molecule has 0 radical (unpaired) electrons. The lowest BCUT2D eigenvalue weighted by Gasteiger charge is -2.16. The second-order valence-electron chi connectivity index (χ2n) is 4.15. The Morgan fingerprint density at radius 2 is 2.29 bits per heavy atom. The lowest BCUT2D eigenvalue weighted by molar-refractivity contribution is 0.713. The van der Waals surface area contributed by atoms with E-state index in [2.05, 4.69) is 21.0 Å². The van der Waals surface area contributed by atoms with Crippen LogP contribution in [0.4, 0.5) is 5.95 Å². The molecule has 17 heavy (non-hydrogen) atoms. The molecule has 0 aliphatic heterocycles. The van der Waals surface area contributed by atoms with Gasteiger partial charge in [-0.1, -0.05) is 6.08 Å². The molecule has 0 bridgehead atoms. The van der Waals surface area contributed by atoms with Gasteiger partial charge < -0.3 is 10.7 Å². The van der Waals surface area contributed by atoms with E-state index in [1.807, 2.05) is 0 Å². The number of hydrogen-bond donors (Lipinski definition) is 2. The van der Waals surface area contributed by atoms with Crippen LogP contribution in [0.2, 0.25) is 0 Å². The molecule has 0 unspecified atom stereocenters. The standard InChI is InChI=1S/C11H13N5O/c12-11-15-9-8(13-6-14-9)10(17)16(11)7-4-2-1-3-5-7/h4,6H,1-3,5H2,(H2,12,15)(H,13,14). The van der Waals surface area contributed by atoms with Gasteiger partial charge in [-0.3, -0.25) is 4.79 Å². The molecular formula is C11H13N5O. The van der Waals surface area contributed by atoms with Gasteiger partial charge in [0.05, 0.1) is 6.33 Å². The van der Waals surface area contributed by atoms with Crippen molar-refractivity contribution in [1.29, 1.82) is 0 Å². The molecule has 0 atom stereocenters. The zero-order valence-electron chi connectivity index (χ0n) is 9.31. The molecule has 1 aliphatic rings. The summed E-state index contributed by atoms with van der Waals surface area (Å²) in [5.41, 5.74) is 7.40. The van der Waals surface area contributed by atoms with Gasteiger partial charge in [0.2, 0.25) is 5.95 Å². The summed E-state index contributed by atoms with van der Waals surface area (Å²) in [6.07, 6.45) is 7.62. The molecular weight excluding hydrogens is 218 g/mol. The first-order valence-electron chi connectivity index (χ1n) is 5.68. The Balaban J connectivity index is 2.28. The predicted octanol–water partition coefficient (Wildman–Crippen LogP) is 1.12. The Morgan fingerprint density at radius 1 is 1.41 bits per heavy atom. The molecule has 3 N–H and O–H groups in total. The van der Waals surface area contributed by atoms with Crippen LogP contribution in [0.15, 0.2) is 17.2 Å². The van der Waals surface area contributed by atoms with Crippen LogP contribution in [0.25, 0.3) is 16.9 Å². The van der Waals surface area contributed by atoms with Gasteiger partial charge >= 0.3 is 0 Å². The number of aromatic amines is 1. The molecule has 3 rings (SSSR count). The molecule has 0 saturated carbocycles. The summed E-state index contributed by atoms with van der Waals surface area (Å²) in [5.74, 6) is 0.211. The number of fused-ring (bicyclic) bond motifs is 1. The van der Waals surface area contributed by atoms with Crippen molar-refractivity contribution in [2.24, 2.45) is 0 Å². The van der Waals surface area contributed by atoms with Crippen molar-refractivity contribution in [2.75, 3.05) is 5.73 Å². The summed E-state index contributed by atoms with van der Waals surface area (Å²) < 4.78 is 1.49. The number of rotatable bonds is 1. The van der Waals surface area contributed by atoms with Crippen LogP contribution in [0.3, 0.4) is 0 Å². The monoisotopic (exact) mass is 231 g/mol. The number of nitrogens with one attached hydrogen (secondary N) is 1. The fourth-order valence-electron chi connectivity index (χ4n) is 2.21. The number of hydrogen-bond acceptors (Lipinski definition) is 4. The molecule has 1 aliphatic carbocycles. The van der Waals surface area contributed by atoms with E-state index in [1.54, 1.807) is 0 Å². The van der Waals surface area contributed by atoms with Gasteiger partial charge in [-0.05, 0) is 25.7 Å². The quantitative estimate of drug-likeness (QED) is 0.769. The summed E-state index contributed by atoms with van der Waals surface area (Å²) in [5, 5.41) is 0. The molecule has 6 heteroatoms. The SMILES string of the molecule is Nc1nc2nc[nH]c2c(=O)n1C1=CCCCC1. The molecule has 0 fully saturated rings. The van der Waals surface area contributed by atoms with Crippen LogP contribution in [0.1, 0.15) is 25.7 Å². The largest absolute Gasteiger partial charge is 0.369 e. The van der Waals surface area contributed by atoms with E-state index in [-0.39, 0.29) is 11.5 Å². The van der Waals surface area contributed by atoms with E-state index in [1.165, 1.54) is 10.9 Å². The van der Waals surface area contributed by atoms with E-state index in [0.717, 1.165) is 31.4 Å². The van der Waals surface area contributed by atoms with Crippen molar-refractivity contribution in [1.82, 2.24) is 19.5 Å². The van der Waals surface area contributed by atoms with E-state index in [4.69, 9.17) is 5.73 Å². The Kier molecular flexibility index (Phi) is 2.21. The number of nitrogen functional groups attached to an aromatic ring is 1. The highest BCUT2D eigenvalue weighted by Crippen LogP contribution is 2.22. The van der Waals surface area contributed by atoms with Crippen molar-refractivity contribution in [3.63, 3.8) is 0 Å². The first kappa shape index (κ1) is 10.1. The second-order valence-corrected chi connectivity index (χ2v) is 4.15. The van der Waals surface area contributed by atoms with Crippen molar-refractivity contribution in [3.05, 3.63) is 22.8 Å². The molecule has 0 spiro atoms. The zero-order chi connectivity index (χ0) is 11.8. The Bertz CT molecular complexity index is 651. The van der Waals surface area contributed by atoms with E-state index in [9.17, 15) is 4.79 Å². The van der Waals surface area contributed by atoms with Crippen molar-refractivity contribution in [3.8, 4) is 0 Å². The van der Waals surface area contributed by atoms with Crippen LogP contribution in [0, 0.1) is 0 Å². The minimum absolute atomic E-state index is 0.168. The molecule has 2 heterocycles. The van der Waals surface area contributed by atoms with Gasteiger partial charge in [0.1, 0.15) is 0 Å². The molecule has 6 nitrogen and oxygen atoms in total. The first-order chi connectivity index (χ1) is 8.27. The number of allylic oxidation sites excluding steroid dienone is 2. The van der Waals surface area contributed by atoms with Gasteiger partial charge in [0.25, 0.3) is 5.56 Å². The highest BCUT2D eigenvalue weighted by molar-refractivity contribution is 5.72. The highest BCUT2D eigenvalue weighted by Gasteiger charge is 2.15. The van der Waals surface area contributed by atoms with Gasteiger partial charge in [-0.2, -0.15) is 4.98 Å². The molecule has 2 aromatic rings. The minimum Gasteiger partial charge on any atom is -0.369 e. The number of nitrogens with two attached hydrogens (primary N) is 1. The van der Waals surface area contributed by atoms with Crippen LogP contribution < -0.4 is 11.3 Å². The van der Waals surface area contributed by atoms with Crippen molar-refractivity contribution < 1.29 is 0 Å². The van der Waals surface area contributed by atoms with E-state index >= 15 is 0 Å². The van der Waals surface area contributed by atoms with Crippen molar-refractivity contribution in [2.45, 2.75) is 25.7 Å². The lowest BCUT2D eigenvalue weighted by Crippen LogP contribution is -2.24. The number of H-pyrrole nitrogens is 1. The van der Waals surface area contributed by atoms with Crippen LogP contribution >= 0.6 is 0 Å². The Hall–Kier alpha value is -2.11. The third-order valence-electron chi connectivity index (χ3n) is 3.04. The van der Waals surface area contributed by atoms with Gasteiger partial charge in [-0.25, -0.2) is 9.55 Å². The second kappa shape index (κ2) is 3.73. The number of imidazole rings is 1. The molecule has 2 aromatic heterocycles. The number of nitrogens with zero attached hydrogens (tertiary/aromatic N) is 3. The lowest BCUT2D eigenvalue weighted by atomic mass is 10.0. The molecule has 0 amide bonds. The van der Waals surface area contributed by atoms with Gasteiger partial charge in [0.15, 0.2) is 11.2 Å². The summed E-state index contributed by atoms with van der Waals surface area (Å²) in [6, 6.07) is 0. The predicted molar refractivity (Wildman–Crippen MR) is 65.3 cm³/mol. The zero-order valence-corrected chi connectivity index (χ0v) is 9.31. The van der Waals surface area contributed by atoms with E-state index in [0.29, 0.717) is 11.2 Å². The molecule has 0 saturated heterocycles. The third kappa shape index (κ3) is 1.52. The Labute approximate surface area is 97.2 Å². The Morgan fingerprint density at radius 3 is 3.06 bits per heavy atom. The summed E-state index contributed by atoms with van der Waals surface area (Å²) in [7, 11) is 0. The summed E-state index contributed by atoms with van der Waals surface area (Å²) in [4.78, 5) is 23.1. The van der Waals surface area contributed by atoms with Crippen molar-refractivity contribution >= 4 is 22.8 Å². The van der Waals surface area contributed by atoms with Gasteiger partial charge in [-0.15, -0.1) is 0 Å². The molecule has 0 aromatic carbocycles. The maximum Gasteiger partial charge on any atom is 0.285 e. The maximum absolute atomic E-state index is 12.2. The average Bonchev–Trinajstić information content (AvgIpc) is 2.78. The summed E-state index contributed by atoms with van der Waals surface area (Å²) in [6.45, 7) is 0. The maximum atomic E-state index is 12.2. The molecule has 88 valence electrons. The fourth-order valence-corrected chi connectivity index (χ4v) is 2.21. The van der Waals surface area contributed by atoms with Crippen LogP contribution in [-0.4, -0.2) is 19.5 Å². The average molecular weight is 231 g/mol. The fraction of sp³-hybridized carbons (Fsp3) is 0.364. The third-order valence-corrected chi connectivity index (χ3v) is 3.04. The van der Waals surface area contributed by atoms with Crippen LogP contribution in [-0.2, 0) is 0 Å². The number of anilines is 1. The first-order valence-corrected chi connectivity index (χ1v) is 5.68. The number of aromatic nitrogens is 4.